The molecular formula is C93H92F6. The van der Waals surface area contributed by atoms with Gasteiger partial charge in [-0.15, -0.1) is 0 Å². The maximum absolute atomic E-state index is 13.7. The van der Waals surface area contributed by atoms with Gasteiger partial charge in [0.1, 0.15) is 0 Å². The summed E-state index contributed by atoms with van der Waals surface area (Å²) >= 11 is 0. The zero-order valence-corrected chi connectivity index (χ0v) is 59.7. The molecule has 99 heavy (non-hydrogen) atoms. The fourth-order valence-corrected chi connectivity index (χ4v) is 13.1. The van der Waals surface area contributed by atoms with Crippen LogP contribution in [0.4, 0.5) is 26.3 Å². The maximum Gasteiger partial charge on any atom is 0.411 e. The number of rotatable bonds is 10. The summed E-state index contributed by atoms with van der Waals surface area (Å²) < 4.78 is 82.3. The van der Waals surface area contributed by atoms with Gasteiger partial charge in [-0.1, -0.05) is 375 Å². The first kappa shape index (κ1) is 73.5. The van der Waals surface area contributed by atoms with Gasteiger partial charge >= 0.3 is 12.4 Å². The Hall–Kier alpha value is -9.78. The van der Waals surface area contributed by atoms with E-state index in [-0.39, 0.29) is 16.2 Å². The van der Waals surface area contributed by atoms with Crippen LogP contribution in [0.2, 0.25) is 0 Å². The van der Waals surface area contributed by atoms with Crippen molar-refractivity contribution in [3.05, 3.63) is 414 Å². The topological polar surface area (TPSA) is 0 Å². The molecule has 12 aromatic carbocycles. The number of hydrogen-bond donors (Lipinski definition) is 0. The molecule has 0 bridgehead atoms. The number of aryl methyl sites for hydroxylation is 10. The van der Waals surface area contributed by atoms with E-state index in [4.69, 9.17) is 0 Å². The van der Waals surface area contributed by atoms with Gasteiger partial charge in [0.15, 0.2) is 0 Å². The number of alkyl halides is 6. The van der Waals surface area contributed by atoms with Gasteiger partial charge in [0.2, 0.25) is 5.41 Å². The zero-order valence-electron chi connectivity index (χ0n) is 59.7. The zero-order chi connectivity index (χ0) is 71.5. The van der Waals surface area contributed by atoms with E-state index in [1.807, 2.05) is 0 Å². The largest absolute Gasteiger partial charge is 0.411 e. The van der Waals surface area contributed by atoms with Gasteiger partial charge in [0.05, 0.1) is 5.41 Å². The van der Waals surface area contributed by atoms with Gasteiger partial charge in [0.25, 0.3) is 0 Å². The van der Waals surface area contributed by atoms with Gasteiger partial charge in [0, 0.05) is 10.8 Å². The molecule has 0 nitrogen and oxygen atoms in total. The van der Waals surface area contributed by atoms with E-state index in [1.54, 1.807) is 13.8 Å². The predicted molar refractivity (Wildman–Crippen MR) is 403 cm³/mol. The van der Waals surface area contributed by atoms with Crippen molar-refractivity contribution >= 4 is 0 Å². The Morgan fingerprint density at radius 1 is 0.242 bits per heavy atom. The van der Waals surface area contributed by atoms with Crippen LogP contribution in [0, 0.1) is 69.2 Å². The normalized spacial score (nSPS) is 12.4. The van der Waals surface area contributed by atoms with Crippen LogP contribution in [0.15, 0.2) is 291 Å². The lowest BCUT2D eigenvalue weighted by Crippen LogP contribution is -2.54. The third-order valence-electron chi connectivity index (χ3n) is 19.5. The summed E-state index contributed by atoms with van der Waals surface area (Å²) in [7, 11) is 0. The maximum atomic E-state index is 13.7. The molecule has 0 fully saturated rings. The van der Waals surface area contributed by atoms with E-state index < -0.39 is 28.9 Å². The number of hydrogen-bond acceptors (Lipinski definition) is 0. The summed E-state index contributed by atoms with van der Waals surface area (Å²) in [6.45, 7) is 29.4. The van der Waals surface area contributed by atoms with Crippen LogP contribution in [0.25, 0.3) is 11.1 Å². The van der Waals surface area contributed by atoms with Gasteiger partial charge in [-0.2, -0.15) is 26.3 Å². The van der Waals surface area contributed by atoms with Gasteiger partial charge in [-0.25, -0.2) is 0 Å². The smallest absolute Gasteiger partial charge is 0.169 e. The van der Waals surface area contributed by atoms with Crippen molar-refractivity contribution < 1.29 is 26.3 Å². The standard InChI is InChI=1S/C27H22.C17H14F6.2C17H20.C15H16/c1-19-11-15-21(16-12-19)27(22-17-13-20(2)14-18-22)25-9-5-3-7-23(25)24-8-4-6-10-26(24)27;1-11-3-7-13(8-4-11)15(16(18,19)20,17(21,22)23)14-9-5-12(2)6-10-14;1-13-5-9-15(10-6-13)17(3,4)16-11-7-14(2)8-12-16;1-13-8-10-15(11-9-13)17(3,4)16-7-5-6-14(2)12-16;1-12-3-7-14(8-4-12)11-15-9-5-13(2)6-10-15/h3-18H,1-2H3;3-10H,1-2H3;2*5-12H,1-4H3;3-10H,11H2,1-2H3. The van der Waals surface area contributed by atoms with Crippen LogP contribution in [-0.2, 0) is 28.1 Å². The van der Waals surface area contributed by atoms with Gasteiger partial charge in [-0.05, 0) is 154 Å². The summed E-state index contributed by atoms with van der Waals surface area (Å²) in [6.07, 6.45) is -10.0. The van der Waals surface area contributed by atoms with Crippen molar-refractivity contribution in [2.75, 3.05) is 0 Å². The van der Waals surface area contributed by atoms with Crippen molar-refractivity contribution in [1.29, 1.82) is 0 Å². The summed E-state index contributed by atoms with van der Waals surface area (Å²) in [5, 5.41) is 0. The third kappa shape index (κ3) is 16.7. The molecule has 0 heterocycles. The molecule has 0 atom stereocenters. The molecule has 6 heteroatoms. The predicted octanol–water partition coefficient (Wildman–Crippen LogP) is 25.5. The van der Waals surface area contributed by atoms with Crippen molar-refractivity contribution in [2.24, 2.45) is 0 Å². The quantitative estimate of drug-likeness (QED) is 0.120. The number of fused-ring (bicyclic) bond motifs is 3. The minimum atomic E-state index is -5.53. The molecule has 0 amide bonds. The van der Waals surface area contributed by atoms with Crippen LogP contribution < -0.4 is 0 Å². The first-order valence-electron chi connectivity index (χ1n) is 34.0. The van der Waals surface area contributed by atoms with Crippen LogP contribution in [-0.4, -0.2) is 12.4 Å². The molecule has 0 radical (unpaired) electrons. The second-order valence-corrected chi connectivity index (χ2v) is 27.9. The molecule has 0 N–H and O–H groups in total. The van der Waals surface area contributed by atoms with Gasteiger partial charge in [-0.3, -0.25) is 0 Å². The van der Waals surface area contributed by atoms with Crippen LogP contribution in [0.1, 0.15) is 150 Å². The molecule has 12 aromatic rings. The van der Waals surface area contributed by atoms with E-state index in [0.29, 0.717) is 11.1 Å². The molecule has 0 spiro atoms. The van der Waals surface area contributed by atoms with E-state index in [9.17, 15) is 26.3 Å². The monoisotopic (exact) mass is 1320 g/mol. The minimum absolute atomic E-state index is 0.0692. The van der Waals surface area contributed by atoms with Crippen LogP contribution in [0.3, 0.4) is 0 Å². The second kappa shape index (κ2) is 31.0. The Kier molecular flexibility index (Phi) is 23.0. The second-order valence-electron chi connectivity index (χ2n) is 27.9. The van der Waals surface area contributed by atoms with Crippen molar-refractivity contribution in [1.82, 2.24) is 0 Å². The lowest BCUT2D eigenvalue weighted by atomic mass is 9.67. The molecule has 0 aliphatic heterocycles. The first-order valence-corrected chi connectivity index (χ1v) is 34.0. The van der Waals surface area contributed by atoms with Crippen molar-refractivity contribution in [2.45, 2.75) is 137 Å². The molecular weight excluding hydrogens is 1230 g/mol. The highest BCUT2D eigenvalue weighted by molar-refractivity contribution is 5.86. The molecule has 0 saturated heterocycles. The number of halogens is 6. The Bertz CT molecular complexity index is 4310. The molecule has 1 aliphatic carbocycles. The summed E-state index contributed by atoms with van der Waals surface area (Å²) in [6, 6.07) is 97.2. The highest BCUT2D eigenvalue weighted by Crippen LogP contribution is 2.58. The SMILES string of the molecule is Cc1ccc(C(C)(C)c2ccc(C)cc2)cc1.Cc1ccc(C(C)(C)c2cccc(C)c2)cc1.Cc1ccc(C(c2ccc(C)cc2)(C(F)(F)F)C(F)(F)F)cc1.Cc1ccc(C2(c3ccc(C)cc3)c3ccccc3-c3ccccc32)cc1.Cc1ccc(Cc2ccc(C)cc2)cc1. The van der Waals surface area contributed by atoms with E-state index in [0.717, 1.165) is 30.7 Å². The van der Waals surface area contributed by atoms with E-state index in [2.05, 4.69) is 326 Å². The first-order chi connectivity index (χ1) is 46.9. The molecule has 0 aromatic heterocycles. The molecule has 506 valence electrons. The molecule has 0 unspecified atom stereocenters. The summed E-state index contributed by atoms with van der Waals surface area (Å²) in [4.78, 5) is 0. The average molecular weight is 1320 g/mol. The lowest BCUT2D eigenvalue weighted by molar-refractivity contribution is -0.288. The summed E-state index contributed by atoms with van der Waals surface area (Å²) in [5.41, 5.74) is 22.1. The minimum Gasteiger partial charge on any atom is -0.169 e. The fourth-order valence-electron chi connectivity index (χ4n) is 13.1. The fraction of sp³-hybridized carbons (Fsp3) is 0.226. The van der Waals surface area contributed by atoms with Crippen molar-refractivity contribution in [3.63, 3.8) is 0 Å². The molecule has 13 rings (SSSR count). The molecule has 0 saturated carbocycles. The highest BCUT2D eigenvalue weighted by Gasteiger charge is 2.72. The van der Waals surface area contributed by atoms with Crippen molar-refractivity contribution in [3.8, 4) is 11.1 Å². The van der Waals surface area contributed by atoms with E-state index in [1.165, 1.54) is 136 Å². The lowest BCUT2D eigenvalue weighted by Gasteiger charge is -2.38. The number of benzene rings is 12. The average Bonchev–Trinajstić information content (AvgIpc) is 1.68. The third-order valence-corrected chi connectivity index (χ3v) is 19.5. The van der Waals surface area contributed by atoms with Crippen LogP contribution in [0.5, 0.6) is 0 Å². The Labute approximate surface area is 585 Å². The Morgan fingerprint density at radius 2 is 0.495 bits per heavy atom. The Morgan fingerprint density at radius 3 is 0.778 bits per heavy atom. The molecule has 1 aliphatic rings. The Balaban J connectivity index is 0.000000147. The van der Waals surface area contributed by atoms with Gasteiger partial charge < -0.3 is 0 Å². The highest BCUT2D eigenvalue weighted by atomic mass is 19.4. The summed E-state index contributed by atoms with van der Waals surface area (Å²) in [5.74, 6) is 0. The van der Waals surface area contributed by atoms with E-state index >= 15 is 0 Å². The van der Waals surface area contributed by atoms with Crippen LogP contribution >= 0.6 is 0 Å².